The first kappa shape index (κ1) is 14.7. The first-order valence-corrected chi connectivity index (χ1v) is 6.70. The van der Waals surface area contributed by atoms with Crippen LogP contribution in [0.1, 0.15) is 11.1 Å². The Bertz CT molecular complexity index is 696. The fourth-order valence-electron chi connectivity index (χ4n) is 2.38. The normalized spacial score (nSPS) is 14.0. The summed E-state index contributed by atoms with van der Waals surface area (Å²) in [5.74, 6) is 1.10. The van der Waals surface area contributed by atoms with Crippen molar-refractivity contribution in [3.8, 4) is 22.6 Å². The van der Waals surface area contributed by atoms with Gasteiger partial charge in [-0.2, -0.15) is 13.2 Å². The number of aliphatic hydroxyl groups is 1. The summed E-state index contributed by atoms with van der Waals surface area (Å²) in [5, 5.41) is 9.06. The second-order valence-corrected chi connectivity index (χ2v) is 4.89. The van der Waals surface area contributed by atoms with Crippen molar-refractivity contribution in [2.24, 2.45) is 0 Å². The number of rotatable bonds is 2. The zero-order valence-electron chi connectivity index (χ0n) is 11.5. The van der Waals surface area contributed by atoms with E-state index in [2.05, 4.69) is 0 Å². The Balaban J connectivity index is 2.05. The van der Waals surface area contributed by atoms with Gasteiger partial charge in [0.05, 0.1) is 12.2 Å². The maximum atomic E-state index is 13.0. The molecule has 0 atom stereocenters. The van der Waals surface area contributed by atoms with Crippen molar-refractivity contribution in [1.82, 2.24) is 0 Å². The molecule has 1 N–H and O–H groups in total. The summed E-state index contributed by atoms with van der Waals surface area (Å²) in [7, 11) is 0. The molecule has 116 valence electrons. The zero-order valence-corrected chi connectivity index (χ0v) is 11.5. The van der Waals surface area contributed by atoms with E-state index in [-0.39, 0.29) is 5.56 Å². The van der Waals surface area contributed by atoms with E-state index >= 15 is 0 Å². The van der Waals surface area contributed by atoms with Gasteiger partial charge in [0, 0.05) is 0 Å². The van der Waals surface area contributed by atoms with E-state index in [0.717, 1.165) is 6.07 Å². The Morgan fingerprint density at radius 3 is 2.23 bits per heavy atom. The lowest BCUT2D eigenvalue weighted by atomic mass is 9.98. The van der Waals surface area contributed by atoms with Gasteiger partial charge in [0.2, 0.25) is 0 Å². The van der Waals surface area contributed by atoms with Crippen LogP contribution in [0.2, 0.25) is 0 Å². The third kappa shape index (κ3) is 2.74. The van der Waals surface area contributed by atoms with E-state index in [1.807, 2.05) is 0 Å². The van der Waals surface area contributed by atoms with Gasteiger partial charge in [0.15, 0.2) is 11.5 Å². The molecule has 0 aromatic heterocycles. The lowest BCUT2D eigenvalue weighted by Gasteiger charge is -2.19. The number of ether oxygens (including phenoxy) is 2. The number of halogens is 3. The maximum Gasteiger partial charge on any atom is 0.416 e. The molecule has 0 saturated carbocycles. The van der Waals surface area contributed by atoms with Crippen LogP contribution in [0.4, 0.5) is 13.2 Å². The van der Waals surface area contributed by atoms with Crippen LogP contribution in [0, 0.1) is 0 Å². The molecule has 3 nitrogen and oxygen atoms in total. The number of hydrogen-bond donors (Lipinski definition) is 1. The third-order valence-corrected chi connectivity index (χ3v) is 3.46. The Morgan fingerprint density at radius 1 is 0.909 bits per heavy atom. The number of aliphatic hydroxyl groups excluding tert-OH is 1. The van der Waals surface area contributed by atoms with Gasteiger partial charge in [-0.3, -0.25) is 0 Å². The fourth-order valence-corrected chi connectivity index (χ4v) is 2.38. The average Bonchev–Trinajstić information content (AvgIpc) is 2.53. The quantitative estimate of drug-likeness (QED) is 0.920. The molecule has 1 aliphatic rings. The largest absolute Gasteiger partial charge is 0.486 e. The van der Waals surface area contributed by atoms with Gasteiger partial charge in [-0.25, -0.2) is 0 Å². The van der Waals surface area contributed by atoms with Crippen LogP contribution in [-0.2, 0) is 12.8 Å². The molecule has 0 saturated heterocycles. The predicted octanol–water partition coefficient (Wildman–Crippen LogP) is 3.64. The first-order chi connectivity index (χ1) is 10.5. The summed E-state index contributed by atoms with van der Waals surface area (Å²) in [6.45, 7) is 0.208. The van der Waals surface area contributed by atoms with Crippen molar-refractivity contribution >= 4 is 0 Å². The summed E-state index contributed by atoms with van der Waals surface area (Å²) in [6.07, 6.45) is -4.51. The Labute approximate surface area is 124 Å². The molecule has 0 aliphatic carbocycles. The highest BCUT2D eigenvalue weighted by Crippen LogP contribution is 2.38. The van der Waals surface area contributed by atoms with E-state index in [4.69, 9.17) is 14.6 Å². The van der Waals surface area contributed by atoms with Gasteiger partial charge in [-0.05, 0) is 34.9 Å². The minimum Gasteiger partial charge on any atom is -0.486 e. The van der Waals surface area contributed by atoms with Crippen LogP contribution in [0.25, 0.3) is 11.1 Å². The topological polar surface area (TPSA) is 38.7 Å². The Morgan fingerprint density at radius 2 is 1.55 bits per heavy atom. The van der Waals surface area contributed by atoms with Gasteiger partial charge in [-0.1, -0.05) is 18.2 Å². The van der Waals surface area contributed by atoms with E-state index in [9.17, 15) is 13.2 Å². The van der Waals surface area contributed by atoms with Crippen LogP contribution < -0.4 is 9.47 Å². The lowest BCUT2D eigenvalue weighted by Crippen LogP contribution is -2.15. The van der Waals surface area contributed by atoms with E-state index in [1.165, 1.54) is 6.07 Å². The highest BCUT2D eigenvalue weighted by molar-refractivity contribution is 5.68. The second-order valence-electron chi connectivity index (χ2n) is 4.89. The molecule has 6 heteroatoms. The predicted molar refractivity (Wildman–Crippen MR) is 73.8 cm³/mol. The van der Waals surface area contributed by atoms with E-state index < -0.39 is 18.3 Å². The number of fused-ring (bicyclic) bond motifs is 1. The molecule has 3 rings (SSSR count). The molecule has 1 heterocycles. The average molecular weight is 310 g/mol. The smallest absolute Gasteiger partial charge is 0.416 e. The summed E-state index contributed by atoms with van der Waals surface area (Å²) in [5.41, 5.74) is 0.0249. The van der Waals surface area contributed by atoms with Gasteiger partial charge in [0.1, 0.15) is 13.2 Å². The first-order valence-electron chi connectivity index (χ1n) is 6.70. The Kier molecular flexibility index (Phi) is 3.70. The molecular formula is C16H13F3O3. The SMILES string of the molecule is OCc1ccc(-c2ccc3c(c2)OCCO3)cc1C(F)(F)F. The third-order valence-electron chi connectivity index (χ3n) is 3.46. The molecule has 0 unspecified atom stereocenters. The molecule has 0 bridgehead atoms. The molecule has 22 heavy (non-hydrogen) atoms. The number of hydrogen-bond acceptors (Lipinski definition) is 3. The molecule has 0 amide bonds. The van der Waals surface area contributed by atoms with E-state index in [0.29, 0.717) is 35.8 Å². The van der Waals surface area contributed by atoms with Crippen molar-refractivity contribution in [2.75, 3.05) is 13.2 Å². The summed E-state index contributed by atoms with van der Waals surface area (Å²) in [6, 6.07) is 8.89. The summed E-state index contributed by atoms with van der Waals surface area (Å²) < 4.78 is 50.0. The van der Waals surface area contributed by atoms with Crippen LogP contribution in [-0.4, -0.2) is 18.3 Å². The summed E-state index contributed by atoms with van der Waals surface area (Å²) in [4.78, 5) is 0. The van der Waals surface area contributed by atoms with Crippen molar-refractivity contribution in [3.05, 3.63) is 47.5 Å². The molecule has 0 spiro atoms. The molecule has 0 fully saturated rings. The van der Waals surface area contributed by atoms with Crippen molar-refractivity contribution in [1.29, 1.82) is 0 Å². The van der Waals surface area contributed by atoms with Gasteiger partial charge in [0.25, 0.3) is 0 Å². The van der Waals surface area contributed by atoms with Crippen molar-refractivity contribution in [3.63, 3.8) is 0 Å². The molecule has 1 aliphatic heterocycles. The molecular weight excluding hydrogens is 297 g/mol. The maximum absolute atomic E-state index is 13.0. The second kappa shape index (κ2) is 5.53. The molecule has 2 aromatic carbocycles. The van der Waals surface area contributed by atoms with Crippen LogP contribution in [0.3, 0.4) is 0 Å². The molecule has 0 radical (unpaired) electrons. The minimum atomic E-state index is -4.51. The lowest BCUT2D eigenvalue weighted by molar-refractivity contribution is -0.138. The van der Waals surface area contributed by atoms with Crippen molar-refractivity contribution in [2.45, 2.75) is 12.8 Å². The monoisotopic (exact) mass is 310 g/mol. The van der Waals surface area contributed by atoms with Crippen LogP contribution in [0.5, 0.6) is 11.5 Å². The summed E-state index contributed by atoms with van der Waals surface area (Å²) >= 11 is 0. The van der Waals surface area contributed by atoms with Crippen LogP contribution >= 0.6 is 0 Å². The highest BCUT2D eigenvalue weighted by Gasteiger charge is 2.33. The minimum absolute atomic E-state index is 0.145. The number of benzene rings is 2. The van der Waals surface area contributed by atoms with Gasteiger partial charge in [-0.15, -0.1) is 0 Å². The van der Waals surface area contributed by atoms with Gasteiger partial charge >= 0.3 is 6.18 Å². The van der Waals surface area contributed by atoms with Gasteiger partial charge < -0.3 is 14.6 Å². The fraction of sp³-hybridized carbons (Fsp3) is 0.250. The number of alkyl halides is 3. The molecule has 2 aromatic rings. The van der Waals surface area contributed by atoms with Crippen molar-refractivity contribution < 1.29 is 27.8 Å². The Hall–Kier alpha value is -2.21. The standard InChI is InChI=1S/C16H13F3O3/c17-16(18,19)13-7-10(1-2-12(13)9-20)11-3-4-14-15(8-11)22-6-5-21-14/h1-4,7-8,20H,5-6,9H2. The zero-order chi connectivity index (χ0) is 15.7. The van der Waals surface area contributed by atoms with E-state index in [1.54, 1.807) is 24.3 Å². The van der Waals surface area contributed by atoms with Crippen LogP contribution in [0.15, 0.2) is 36.4 Å². The highest BCUT2D eigenvalue weighted by atomic mass is 19.4.